The van der Waals surface area contributed by atoms with Gasteiger partial charge in [0.05, 0.1) is 0 Å². The second-order valence-electron chi connectivity index (χ2n) is 6.88. The fraction of sp³-hybridized carbons (Fsp3) is 0.882. The summed E-state index contributed by atoms with van der Waals surface area (Å²) in [7, 11) is 0. The van der Waals surface area contributed by atoms with E-state index in [9.17, 15) is 9.59 Å². The van der Waals surface area contributed by atoms with Gasteiger partial charge in [0.15, 0.2) is 0 Å². The first kappa shape index (κ1) is 16.3. The second kappa shape index (κ2) is 7.28. The fourth-order valence-electron chi connectivity index (χ4n) is 4.03. The maximum atomic E-state index is 13.0. The van der Waals surface area contributed by atoms with Crippen LogP contribution in [-0.4, -0.2) is 34.8 Å². The van der Waals surface area contributed by atoms with Gasteiger partial charge in [-0.1, -0.05) is 32.6 Å². The molecule has 0 radical (unpaired) electrons. The van der Waals surface area contributed by atoms with Crippen LogP contribution in [0.25, 0.3) is 0 Å². The van der Waals surface area contributed by atoms with Crippen LogP contribution >= 0.6 is 0 Å². The third-order valence-corrected chi connectivity index (χ3v) is 5.10. The standard InChI is InChI=1S/C17H30N2O2/c1-4-8-12(2)19-13(3)11-15(20)18-16(17(19)21)14-9-6-5-7-10-14/h12-14,16H,4-11H2,1-3H3,(H,18,20). The molecule has 0 aromatic carbocycles. The highest BCUT2D eigenvalue weighted by Crippen LogP contribution is 2.30. The number of carbonyl (C=O) groups excluding carboxylic acids is 2. The van der Waals surface area contributed by atoms with E-state index >= 15 is 0 Å². The van der Waals surface area contributed by atoms with E-state index in [4.69, 9.17) is 0 Å². The van der Waals surface area contributed by atoms with Crippen LogP contribution in [0.2, 0.25) is 0 Å². The molecule has 4 nitrogen and oxygen atoms in total. The normalized spacial score (nSPS) is 30.0. The number of nitrogens with zero attached hydrogens (tertiary/aromatic N) is 1. The van der Waals surface area contributed by atoms with Gasteiger partial charge in [-0.2, -0.15) is 0 Å². The third-order valence-electron chi connectivity index (χ3n) is 5.10. The summed E-state index contributed by atoms with van der Waals surface area (Å²) in [6.07, 6.45) is 8.27. The van der Waals surface area contributed by atoms with Crippen molar-refractivity contribution >= 4 is 11.8 Å². The Kier molecular flexibility index (Phi) is 5.65. The monoisotopic (exact) mass is 294 g/mol. The molecule has 2 rings (SSSR count). The van der Waals surface area contributed by atoms with Crippen molar-refractivity contribution in [1.82, 2.24) is 10.2 Å². The molecule has 2 aliphatic rings. The zero-order valence-electron chi connectivity index (χ0n) is 13.7. The smallest absolute Gasteiger partial charge is 0.245 e. The first-order valence-electron chi connectivity index (χ1n) is 8.66. The topological polar surface area (TPSA) is 49.4 Å². The Labute approximate surface area is 128 Å². The van der Waals surface area contributed by atoms with Crippen molar-refractivity contribution in [2.45, 2.75) is 90.3 Å². The fourth-order valence-corrected chi connectivity index (χ4v) is 4.03. The van der Waals surface area contributed by atoms with E-state index in [-0.39, 0.29) is 29.9 Å². The summed E-state index contributed by atoms with van der Waals surface area (Å²) in [5, 5.41) is 3.03. The van der Waals surface area contributed by atoms with Crippen molar-refractivity contribution in [3.05, 3.63) is 0 Å². The van der Waals surface area contributed by atoms with Crippen LogP contribution in [-0.2, 0) is 9.59 Å². The molecular formula is C17H30N2O2. The summed E-state index contributed by atoms with van der Waals surface area (Å²) < 4.78 is 0. The molecule has 0 aromatic rings. The van der Waals surface area contributed by atoms with Gasteiger partial charge >= 0.3 is 0 Å². The van der Waals surface area contributed by atoms with Crippen molar-refractivity contribution in [2.75, 3.05) is 0 Å². The Bertz CT molecular complexity index is 377. The van der Waals surface area contributed by atoms with Gasteiger partial charge < -0.3 is 10.2 Å². The average Bonchev–Trinajstić information content (AvgIpc) is 2.56. The molecule has 1 aliphatic heterocycles. The molecule has 1 N–H and O–H groups in total. The molecule has 0 aromatic heterocycles. The van der Waals surface area contributed by atoms with Crippen LogP contribution in [0.4, 0.5) is 0 Å². The predicted octanol–water partition coefficient (Wildman–Crippen LogP) is 2.86. The molecule has 0 spiro atoms. The van der Waals surface area contributed by atoms with Gasteiger partial charge in [-0.15, -0.1) is 0 Å². The molecule has 2 fully saturated rings. The summed E-state index contributed by atoms with van der Waals surface area (Å²) in [5.74, 6) is 0.524. The number of hydrogen-bond acceptors (Lipinski definition) is 2. The third kappa shape index (κ3) is 3.78. The van der Waals surface area contributed by atoms with Gasteiger partial charge in [0.25, 0.3) is 0 Å². The van der Waals surface area contributed by atoms with E-state index in [1.54, 1.807) is 0 Å². The molecule has 0 bridgehead atoms. The molecule has 3 unspecified atom stereocenters. The van der Waals surface area contributed by atoms with E-state index in [1.165, 1.54) is 19.3 Å². The first-order chi connectivity index (χ1) is 10.0. The van der Waals surface area contributed by atoms with E-state index < -0.39 is 0 Å². The summed E-state index contributed by atoms with van der Waals surface area (Å²) in [4.78, 5) is 27.1. The maximum Gasteiger partial charge on any atom is 0.245 e. The molecule has 4 heteroatoms. The highest BCUT2D eigenvalue weighted by Gasteiger charge is 2.40. The lowest BCUT2D eigenvalue weighted by Gasteiger charge is -2.37. The van der Waals surface area contributed by atoms with Crippen LogP contribution in [0.1, 0.15) is 72.1 Å². The minimum atomic E-state index is -0.290. The van der Waals surface area contributed by atoms with Gasteiger partial charge in [-0.05, 0) is 39.0 Å². The van der Waals surface area contributed by atoms with E-state index in [0.29, 0.717) is 12.3 Å². The van der Waals surface area contributed by atoms with E-state index in [1.807, 2.05) is 11.8 Å². The van der Waals surface area contributed by atoms with E-state index in [0.717, 1.165) is 25.7 Å². The van der Waals surface area contributed by atoms with Gasteiger partial charge in [0, 0.05) is 18.5 Å². The zero-order chi connectivity index (χ0) is 15.4. The molecule has 1 saturated heterocycles. The van der Waals surface area contributed by atoms with Crippen LogP contribution in [0.3, 0.4) is 0 Å². The van der Waals surface area contributed by atoms with Crippen molar-refractivity contribution in [1.29, 1.82) is 0 Å². The van der Waals surface area contributed by atoms with Crippen molar-refractivity contribution in [3.63, 3.8) is 0 Å². The Hall–Kier alpha value is -1.06. The Morgan fingerprint density at radius 3 is 2.52 bits per heavy atom. The molecule has 1 aliphatic carbocycles. The van der Waals surface area contributed by atoms with Crippen LogP contribution in [0.5, 0.6) is 0 Å². The quantitative estimate of drug-likeness (QED) is 0.866. The van der Waals surface area contributed by atoms with Gasteiger partial charge in [0.2, 0.25) is 11.8 Å². The highest BCUT2D eigenvalue weighted by atomic mass is 16.2. The molecule has 2 amide bonds. The van der Waals surface area contributed by atoms with Gasteiger partial charge in [0.1, 0.15) is 6.04 Å². The van der Waals surface area contributed by atoms with Crippen molar-refractivity contribution < 1.29 is 9.59 Å². The van der Waals surface area contributed by atoms with Gasteiger partial charge in [-0.3, -0.25) is 9.59 Å². The number of hydrogen-bond donors (Lipinski definition) is 1. The number of amides is 2. The minimum Gasteiger partial charge on any atom is -0.344 e. The largest absolute Gasteiger partial charge is 0.344 e. The van der Waals surface area contributed by atoms with Gasteiger partial charge in [-0.25, -0.2) is 0 Å². The number of rotatable bonds is 4. The SMILES string of the molecule is CCCC(C)N1C(=O)C(C2CCCCC2)NC(=O)CC1C. The van der Waals surface area contributed by atoms with Crippen LogP contribution < -0.4 is 5.32 Å². The number of nitrogens with one attached hydrogen (secondary N) is 1. The maximum absolute atomic E-state index is 13.0. The first-order valence-corrected chi connectivity index (χ1v) is 8.66. The molecule has 1 heterocycles. The lowest BCUT2D eigenvalue weighted by Crippen LogP contribution is -2.53. The lowest BCUT2D eigenvalue weighted by atomic mass is 9.83. The molecule has 120 valence electrons. The summed E-state index contributed by atoms with van der Waals surface area (Å²) in [5.41, 5.74) is 0. The number of carbonyl (C=O) groups is 2. The average molecular weight is 294 g/mol. The lowest BCUT2D eigenvalue weighted by molar-refractivity contribution is -0.139. The zero-order valence-corrected chi connectivity index (χ0v) is 13.7. The van der Waals surface area contributed by atoms with E-state index in [2.05, 4.69) is 19.2 Å². The summed E-state index contributed by atoms with van der Waals surface area (Å²) >= 11 is 0. The highest BCUT2D eigenvalue weighted by molar-refractivity contribution is 5.90. The van der Waals surface area contributed by atoms with Crippen LogP contribution in [0, 0.1) is 5.92 Å². The Balaban J connectivity index is 2.19. The predicted molar refractivity (Wildman–Crippen MR) is 83.8 cm³/mol. The second-order valence-corrected chi connectivity index (χ2v) is 6.88. The van der Waals surface area contributed by atoms with Crippen LogP contribution in [0.15, 0.2) is 0 Å². The van der Waals surface area contributed by atoms with Crippen molar-refractivity contribution in [2.24, 2.45) is 5.92 Å². The Morgan fingerprint density at radius 2 is 1.90 bits per heavy atom. The minimum absolute atomic E-state index is 0.00707. The molecule has 21 heavy (non-hydrogen) atoms. The molecule has 1 saturated carbocycles. The molecular weight excluding hydrogens is 264 g/mol. The summed E-state index contributed by atoms with van der Waals surface area (Å²) in [6.45, 7) is 6.27. The Morgan fingerprint density at radius 1 is 1.24 bits per heavy atom. The summed E-state index contributed by atoms with van der Waals surface area (Å²) in [6, 6.07) is -0.0639. The van der Waals surface area contributed by atoms with Crippen molar-refractivity contribution in [3.8, 4) is 0 Å². The molecule has 3 atom stereocenters.